The van der Waals surface area contributed by atoms with Crippen molar-refractivity contribution in [1.29, 1.82) is 5.26 Å². The number of aromatic nitrogens is 1. The van der Waals surface area contributed by atoms with Crippen LogP contribution in [0.2, 0.25) is 0 Å². The van der Waals surface area contributed by atoms with Crippen LogP contribution < -0.4 is 20.1 Å². The number of rotatable bonds is 6. The van der Waals surface area contributed by atoms with Crippen LogP contribution in [0.15, 0.2) is 29.1 Å². The first kappa shape index (κ1) is 19.9. The van der Waals surface area contributed by atoms with Gasteiger partial charge in [0.1, 0.15) is 15.3 Å². The van der Waals surface area contributed by atoms with Crippen LogP contribution in [0.5, 0.6) is 0 Å². The highest BCUT2D eigenvalue weighted by atomic mass is 79.9. The Morgan fingerprint density at radius 2 is 2.23 bits per heavy atom. The van der Waals surface area contributed by atoms with Crippen LogP contribution in [0.25, 0.3) is 11.8 Å². The van der Waals surface area contributed by atoms with Crippen molar-refractivity contribution in [2.24, 2.45) is 0 Å². The van der Waals surface area contributed by atoms with Gasteiger partial charge in [-0.2, -0.15) is 5.26 Å². The summed E-state index contributed by atoms with van der Waals surface area (Å²) in [6, 6.07) is 9.61. The van der Waals surface area contributed by atoms with Gasteiger partial charge in [-0.3, -0.25) is 9.36 Å². The van der Waals surface area contributed by atoms with E-state index >= 15 is 0 Å². The predicted molar refractivity (Wildman–Crippen MR) is 106 cm³/mol. The van der Waals surface area contributed by atoms with Gasteiger partial charge in [-0.25, -0.2) is 4.79 Å². The second-order valence-electron chi connectivity index (χ2n) is 5.15. The van der Waals surface area contributed by atoms with Gasteiger partial charge in [0.05, 0.1) is 6.61 Å². The summed E-state index contributed by atoms with van der Waals surface area (Å²) in [7, 11) is 0. The van der Waals surface area contributed by atoms with Gasteiger partial charge in [-0.1, -0.05) is 28.1 Å². The number of anilines is 1. The summed E-state index contributed by atoms with van der Waals surface area (Å²) in [6.07, 6.45) is 1.59. The smallest absolute Gasteiger partial charge is 0.351 e. The van der Waals surface area contributed by atoms with Gasteiger partial charge in [0.25, 0.3) is 5.56 Å². The molecule has 0 radical (unpaired) electrons. The maximum atomic E-state index is 12.6. The maximum absolute atomic E-state index is 12.6. The molecule has 8 heteroatoms. The van der Waals surface area contributed by atoms with E-state index in [1.165, 1.54) is 4.57 Å². The Labute approximate surface area is 163 Å². The molecule has 0 atom stereocenters. The van der Waals surface area contributed by atoms with Crippen molar-refractivity contribution in [1.82, 2.24) is 4.57 Å². The van der Waals surface area contributed by atoms with E-state index in [1.807, 2.05) is 30.3 Å². The molecule has 2 rings (SSSR count). The summed E-state index contributed by atoms with van der Waals surface area (Å²) < 4.78 is 7.03. The molecule has 0 bridgehead atoms. The summed E-state index contributed by atoms with van der Waals surface area (Å²) in [5.41, 5.74) is 1.53. The molecule has 1 aromatic carbocycles. The van der Waals surface area contributed by atoms with E-state index in [1.54, 1.807) is 20.0 Å². The van der Waals surface area contributed by atoms with Crippen molar-refractivity contribution >= 4 is 50.7 Å². The van der Waals surface area contributed by atoms with Crippen molar-refractivity contribution in [3.63, 3.8) is 0 Å². The topological polar surface area (TPSA) is 84.1 Å². The zero-order valence-electron chi connectivity index (χ0n) is 14.4. The van der Waals surface area contributed by atoms with Gasteiger partial charge in [-0.05, 0) is 31.5 Å². The number of carbonyl (C=O) groups excluding carboxylic acids is 1. The Morgan fingerprint density at radius 1 is 1.46 bits per heavy atom. The minimum Gasteiger partial charge on any atom is -0.462 e. The van der Waals surface area contributed by atoms with E-state index in [0.29, 0.717) is 15.7 Å². The predicted octanol–water partition coefficient (Wildman–Crippen LogP) is 1.91. The van der Waals surface area contributed by atoms with Gasteiger partial charge in [-0.15, -0.1) is 11.3 Å². The summed E-state index contributed by atoms with van der Waals surface area (Å²) in [4.78, 5) is 24.6. The highest BCUT2D eigenvalue weighted by Crippen LogP contribution is 2.12. The van der Waals surface area contributed by atoms with Crippen LogP contribution in [0.1, 0.15) is 19.4 Å². The fourth-order valence-corrected chi connectivity index (χ4v) is 3.70. The van der Waals surface area contributed by atoms with Gasteiger partial charge >= 0.3 is 5.97 Å². The number of benzene rings is 1. The Hall–Kier alpha value is -2.37. The summed E-state index contributed by atoms with van der Waals surface area (Å²) in [5.74, 6) is -0.719. The zero-order chi connectivity index (χ0) is 19.1. The Morgan fingerprint density at radius 3 is 2.85 bits per heavy atom. The molecule has 0 fully saturated rings. The molecule has 0 aliphatic carbocycles. The third-order valence-electron chi connectivity index (χ3n) is 3.48. The van der Waals surface area contributed by atoms with E-state index in [9.17, 15) is 14.9 Å². The standard InChI is InChI=1S/C18H18BrN3O3S/c1-3-22-16(23)15(11-21-13-7-5-6-12(8-13)9-19)26-17(22)14(10-20)18(24)25-4-2/h5-8,11,21H,3-4,9H2,1-2H3/b15-11+,17-14-. The highest BCUT2D eigenvalue weighted by Gasteiger charge is 2.16. The molecule has 0 aliphatic heterocycles. The molecular formula is C18H18BrN3O3S. The fourth-order valence-electron chi connectivity index (χ4n) is 2.27. The van der Waals surface area contributed by atoms with Gasteiger partial charge in [0.15, 0.2) is 5.57 Å². The maximum Gasteiger partial charge on any atom is 0.351 e. The van der Waals surface area contributed by atoms with Gasteiger partial charge < -0.3 is 10.1 Å². The number of nitrogens with one attached hydrogen (secondary N) is 1. The molecule has 0 unspecified atom stereocenters. The molecule has 6 nitrogen and oxygen atoms in total. The number of nitriles is 1. The van der Waals surface area contributed by atoms with E-state index in [0.717, 1.165) is 27.9 Å². The number of ether oxygens (including phenoxy) is 1. The molecule has 0 saturated carbocycles. The second kappa shape index (κ2) is 9.36. The minimum atomic E-state index is -0.719. The molecule has 26 heavy (non-hydrogen) atoms. The lowest BCUT2D eigenvalue weighted by Crippen LogP contribution is -2.32. The quantitative estimate of drug-likeness (QED) is 0.553. The monoisotopic (exact) mass is 435 g/mol. The van der Waals surface area contributed by atoms with Crippen molar-refractivity contribution < 1.29 is 9.53 Å². The van der Waals surface area contributed by atoms with E-state index in [4.69, 9.17) is 4.74 Å². The van der Waals surface area contributed by atoms with Gasteiger partial charge in [0, 0.05) is 23.8 Å². The summed E-state index contributed by atoms with van der Waals surface area (Å²) in [5, 5.41) is 13.2. The molecular weight excluding hydrogens is 418 g/mol. The third kappa shape index (κ3) is 4.42. The number of nitrogens with zero attached hydrogens (tertiary/aromatic N) is 2. The first-order chi connectivity index (χ1) is 12.5. The average molecular weight is 436 g/mol. The minimum absolute atomic E-state index is 0.156. The first-order valence-corrected chi connectivity index (χ1v) is 9.92. The largest absolute Gasteiger partial charge is 0.462 e. The van der Waals surface area contributed by atoms with Crippen LogP contribution >= 0.6 is 27.3 Å². The Balaban J connectivity index is 2.55. The Kier molecular flexibility index (Phi) is 7.18. The van der Waals surface area contributed by atoms with E-state index in [-0.39, 0.29) is 17.7 Å². The normalized spacial score (nSPS) is 12.5. The number of esters is 1. The molecule has 0 amide bonds. The fraction of sp³-hybridized carbons (Fsp3) is 0.278. The molecule has 1 N–H and O–H groups in total. The average Bonchev–Trinajstić information content (AvgIpc) is 2.96. The summed E-state index contributed by atoms with van der Waals surface area (Å²) >= 11 is 4.49. The number of thiazole rings is 1. The molecule has 1 aromatic heterocycles. The molecule has 0 spiro atoms. The molecule has 2 aromatic rings. The summed E-state index contributed by atoms with van der Waals surface area (Å²) in [6.45, 7) is 3.96. The van der Waals surface area contributed by atoms with Crippen LogP contribution in [-0.2, 0) is 21.4 Å². The van der Waals surface area contributed by atoms with Crippen LogP contribution in [0.3, 0.4) is 0 Å². The van der Waals surface area contributed by atoms with Crippen LogP contribution in [0, 0.1) is 11.3 Å². The number of hydrogen-bond acceptors (Lipinski definition) is 6. The molecule has 0 saturated heterocycles. The number of carbonyl (C=O) groups is 1. The first-order valence-electron chi connectivity index (χ1n) is 7.98. The second-order valence-corrected chi connectivity index (χ2v) is 6.74. The number of hydrogen-bond donors (Lipinski definition) is 1. The molecule has 1 heterocycles. The van der Waals surface area contributed by atoms with E-state index < -0.39 is 5.97 Å². The number of halogens is 1. The van der Waals surface area contributed by atoms with Gasteiger partial charge in [0.2, 0.25) is 0 Å². The SMILES string of the molecule is CCOC(=O)/C(C#N)=c1\s/c(=C/Nc2cccc(CBr)c2)c(=O)n1CC. The Bertz CT molecular complexity index is 1020. The number of alkyl halides is 1. The molecule has 0 aliphatic rings. The molecule has 136 valence electrons. The lowest BCUT2D eigenvalue weighted by atomic mass is 10.2. The van der Waals surface area contributed by atoms with Crippen molar-refractivity contribution in [2.45, 2.75) is 25.7 Å². The van der Waals surface area contributed by atoms with E-state index in [2.05, 4.69) is 21.2 Å². The van der Waals surface area contributed by atoms with Crippen molar-refractivity contribution in [3.05, 3.63) is 49.4 Å². The highest BCUT2D eigenvalue weighted by molar-refractivity contribution is 9.08. The lowest BCUT2D eigenvalue weighted by molar-refractivity contribution is -0.136. The van der Waals surface area contributed by atoms with Crippen molar-refractivity contribution in [2.75, 3.05) is 11.9 Å². The third-order valence-corrected chi connectivity index (χ3v) is 5.26. The van der Waals surface area contributed by atoms with Crippen molar-refractivity contribution in [3.8, 4) is 6.07 Å². The van der Waals surface area contributed by atoms with Crippen LogP contribution in [-0.4, -0.2) is 17.1 Å². The lowest BCUT2D eigenvalue weighted by Gasteiger charge is -2.01. The van der Waals surface area contributed by atoms with Crippen LogP contribution in [0.4, 0.5) is 5.69 Å². The zero-order valence-corrected chi connectivity index (χ0v) is 16.8.